The average Bonchev–Trinajstić information content (AvgIpc) is 2.95. The van der Waals surface area contributed by atoms with Crippen molar-refractivity contribution in [3.8, 4) is 0 Å². The van der Waals surface area contributed by atoms with E-state index in [0.717, 1.165) is 49.5 Å². The van der Waals surface area contributed by atoms with Crippen LogP contribution in [0.1, 0.15) is 32.6 Å². The zero-order valence-electron chi connectivity index (χ0n) is 13.9. The molecule has 2 N–H and O–H groups in total. The Morgan fingerprint density at radius 1 is 1.29 bits per heavy atom. The highest BCUT2D eigenvalue weighted by Gasteiger charge is 2.46. The summed E-state index contributed by atoms with van der Waals surface area (Å²) in [5, 5.41) is 13.4. The molecule has 1 aliphatic carbocycles. The third-order valence-corrected chi connectivity index (χ3v) is 5.94. The number of carbonyl (C=O) groups is 1. The van der Waals surface area contributed by atoms with Crippen LogP contribution in [0.5, 0.6) is 0 Å². The van der Waals surface area contributed by atoms with E-state index in [1.54, 1.807) is 0 Å². The molecule has 4 fully saturated rings. The molecule has 3 aliphatic heterocycles. The highest BCUT2D eigenvalue weighted by atomic mass is 35.5. The van der Waals surface area contributed by atoms with E-state index < -0.39 is 0 Å². The van der Waals surface area contributed by atoms with Crippen LogP contribution in [0.3, 0.4) is 0 Å². The normalized spacial score (nSPS) is 31.8. The van der Waals surface area contributed by atoms with Gasteiger partial charge in [-0.25, -0.2) is 4.79 Å². The number of urea groups is 1. The van der Waals surface area contributed by atoms with Gasteiger partial charge in [0.05, 0.1) is 16.8 Å². The predicted octanol–water partition coefficient (Wildman–Crippen LogP) is 3.32. The molecule has 5 rings (SSSR count). The number of nitrogens with one attached hydrogen (secondary N) is 1. The number of β-amino-alcohol motifs (C(OH)–C–C–N with tert-alkyl or cyclic N) is 1. The second kappa shape index (κ2) is 6.12. The number of amides is 2. The molecule has 130 valence electrons. The molecule has 1 saturated carbocycles. The van der Waals surface area contributed by atoms with E-state index in [1.165, 1.54) is 0 Å². The van der Waals surface area contributed by atoms with Crippen molar-refractivity contribution in [3.05, 3.63) is 23.2 Å². The van der Waals surface area contributed by atoms with E-state index in [2.05, 4.69) is 17.1 Å². The molecular weight excluding hydrogens is 326 g/mol. The monoisotopic (exact) mass is 349 g/mol. The number of anilines is 2. The lowest BCUT2D eigenvalue weighted by molar-refractivity contribution is -0.00600. The predicted molar refractivity (Wildman–Crippen MR) is 95.7 cm³/mol. The molecule has 5 nitrogen and oxygen atoms in total. The summed E-state index contributed by atoms with van der Waals surface area (Å²) in [4.78, 5) is 16.7. The van der Waals surface area contributed by atoms with Crippen molar-refractivity contribution < 1.29 is 9.90 Å². The summed E-state index contributed by atoms with van der Waals surface area (Å²) in [6.45, 7) is 3.64. The van der Waals surface area contributed by atoms with Gasteiger partial charge in [0.15, 0.2) is 0 Å². The van der Waals surface area contributed by atoms with Gasteiger partial charge in [0.25, 0.3) is 0 Å². The maximum Gasteiger partial charge on any atom is 0.322 e. The van der Waals surface area contributed by atoms with E-state index in [4.69, 9.17) is 11.6 Å². The molecule has 1 aromatic rings. The number of aliphatic hydroxyl groups excluding tert-OH is 1. The molecule has 3 saturated heterocycles. The van der Waals surface area contributed by atoms with E-state index >= 15 is 0 Å². The maximum atomic E-state index is 12.6. The Bertz CT molecular complexity index is 641. The molecule has 0 spiro atoms. The molecular formula is C18H24ClN3O2. The summed E-state index contributed by atoms with van der Waals surface area (Å²) in [6.07, 6.45) is 3.82. The van der Waals surface area contributed by atoms with Gasteiger partial charge in [0.2, 0.25) is 0 Å². The summed E-state index contributed by atoms with van der Waals surface area (Å²) in [7, 11) is 0. The third kappa shape index (κ3) is 2.84. The van der Waals surface area contributed by atoms with E-state index in [-0.39, 0.29) is 12.1 Å². The fourth-order valence-electron chi connectivity index (χ4n) is 4.46. The number of fused-ring (bicyclic) bond motifs is 2. The van der Waals surface area contributed by atoms with Gasteiger partial charge in [-0.1, -0.05) is 18.5 Å². The lowest BCUT2D eigenvalue weighted by Crippen LogP contribution is -2.63. The summed E-state index contributed by atoms with van der Waals surface area (Å²) in [5.74, 6) is 0.724. The van der Waals surface area contributed by atoms with Crippen LogP contribution in [-0.2, 0) is 0 Å². The van der Waals surface area contributed by atoms with Crippen LogP contribution in [0.15, 0.2) is 18.2 Å². The average molecular weight is 350 g/mol. The Hall–Kier alpha value is -1.46. The number of nitrogens with zero attached hydrogens (tertiary/aromatic N) is 2. The fourth-order valence-corrected chi connectivity index (χ4v) is 4.70. The summed E-state index contributed by atoms with van der Waals surface area (Å²) >= 11 is 6.31. The summed E-state index contributed by atoms with van der Waals surface area (Å²) in [6, 6.07) is 6.37. The van der Waals surface area contributed by atoms with E-state index in [9.17, 15) is 9.90 Å². The van der Waals surface area contributed by atoms with Gasteiger partial charge in [0.1, 0.15) is 0 Å². The highest BCUT2D eigenvalue weighted by Crippen LogP contribution is 2.41. The Labute approximate surface area is 147 Å². The molecule has 2 unspecified atom stereocenters. The first-order chi connectivity index (χ1) is 11.5. The number of carbonyl (C=O) groups excluding carboxylic acids is 1. The maximum absolute atomic E-state index is 12.6. The summed E-state index contributed by atoms with van der Waals surface area (Å²) < 4.78 is 0. The van der Waals surface area contributed by atoms with Gasteiger partial charge < -0.3 is 20.2 Å². The van der Waals surface area contributed by atoms with E-state index in [1.807, 2.05) is 23.1 Å². The van der Waals surface area contributed by atoms with Crippen LogP contribution >= 0.6 is 11.6 Å². The smallest absolute Gasteiger partial charge is 0.322 e. The molecule has 3 heterocycles. The van der Waals surface area contributed by atoms with Gasteiger partial charge >= 0.3 is 6.03 Å². The number of halogens is 1. The van der Waals surface area contributed by atoms with Crippen LogP contribution in [0.25, 0.3) is 0 Å². The van der Waals surface area contributed by atoms with Crippen LogP contribution in [-0.4, -0.2) is 47.3 Å². The first-order valence-corrected chi connectivity index (χ1v) is 9.21. The Kier molecular flexibility index (Phi) is 4.09. The molecule has 24 heavy (non-hydrogen) atoms. The van der Waals surface area contributed by atoms with Crippen molar-refractivity contribution in [2.75, 3.05) is 23.3 Å². The quantitative estimate of drug-likeness (QED) is 0.861. The molecule has 2 amide bonds. The van der Waals surface area contributed by atoms with Crippen LogP contribution in [0.4, 0.5) is 16.2 Å². The van der Waals surface area contributed by atoms with Crippen molar-refractivity contribution in [1.29, 1.82) is 0 Å². The van der Waals surface area contributed by atoms with Crippen LogP contribution < -0.4 is 10.2 Å². The van der Waals surface area contributed by atoms with Crippen molar-refractivity contribution >= 4 is 29.0 Å². The minimum Gasteiger partial charge on any atom is -0.391 e. The molecule has 0 aromatic heterocycles. The minimum atomic E-state index is -0.304. The molecule has 1 aromatic carbocycles. The van der Waals surface area contributed by atoms with Crippen molar-refractivity contribution in [3.63, 3.8) is 0 Å². The molecule has 6 heteroatoms. The lowest BCUT2D eigenvalue weighted by atomic mass is 9.74. The molecule has 4 aliphatic rings. The topological polar surface area (TPSA) is 55.8 Å². The first-order valence-electron chi connectivity index (χ1n) is 8.83. The largest absolute Gasteiger partial charge is 0.391 e. The van der Waals surface area contributed by atoms with Crippen LogP contribution in [0, 0.1) is 5.92 Å². The zero-order valence-corrected chi connectivity index (χ0v) is 14.7. The third-order valence-electron chi connectivity index (χ3n) is 5.62. The lowest BCUT2D eigenvalue weighted by Gasteiger charge is -2.54. The Morgan fingerprint density at radius 2 is 2.04 bits per heavy atom. The second-order valence-electron chi connectivity index (χ2n) is 7.51. The molecule has 3 atom stereocenters. The fraction of sp³-hybridized carbons (Fsp3) is 0.611. The number of hydrogen-bond acceptors (Lipinski definition) is 3. The second-order valence-corrected chi connectivity index (χ2v) is 7.92. The van der Waals surface area contributed by atoms with Gasteiger partial charge in [0, 0.05) is 30.9 Å². The Balaban J connectivity index is 1.46. The van der Waals surface area contributed by atoms with Gasteiger partial charge in [-0.15, -0.1) is 0 Å². The number of aliphatic hydroxyl groups is 1. The van der Waals surface area contributed by atoms with Gasteiger partial charge in [-0.3, -0.25) is 0 Å². The van der Waals surface area contributed by atoms with Gasteiger partial charge in [-0.2, -0.15) is 0 Å². The van der Waals surface area contributed by atoms with Gasteiger partial charge in [-0.05, 0) is 49.8 Å². The van der Waals surface area contributed by atoms with E-state index in [0.29, 0.717) is 23.7 Å². The number of benzene rings is 1. The Morgan fingerprint density at radius 3 is 2.71 bits per heavy atom. The van der Waals surface area contributed by atoms with Crippen LogP contribution in [0.2, 0.25) is 5.02 Å². The van der Waals surface area contributed by atoms with Crippen molar-refractivity contribution in [1.82, 2.24) is 4.90 Å². The standard InChI is InChI=1S/C18H24ClN3O2/c1-11-6-13-9-14(7-11)22(13)18(24)20-12-2-3-16(19)17(8-12)21-5-4-15(23)10-21/h2-3,8,11,13-15,23H,4-7,9-10H2,1H3,(H,20,24)/t11?,13?,14?,15-/m1/s1. The molecule has 2 bridgehead atoms. The van der Waals surface area contributed by atoms with Crippen molar-refractivity contribution in [2.24, 2.45) is 5.92 Å². The highest BCUT2D eigenvalue weighted by molar-refractivity contribution is 6.33. The first kappa shape index (κ1) is 16.0. The van der Waals surface area contributed by atoms with Crippen molar-refractivity contribution in [2.45, 2.75) is 50.8 Å². The number of piperidine rings is 1. The summed E-state index contributed by atoms with van der Waals surface area (Å²) in [5.41, 5.74) is 1.64. The zero-order chi connectivity index (χ0) is 16.8. The number of rotatable bonds is 2. The number of hydrogen-bond donors (Lipinski definition) is 2. The SMILES string of the molecule is CC1CC2CC(C1)N2C(=O)Nc1ccc(Cl)c(N2CC[C@@H](O)C2)c1. The molecule has 0 radical (unpaired) electrons. The minimum absolute atomic E-state index is 0.00196.